The molecular weight excluding hydrogens is 236 g/mol. The SMILES string of the molecule is O=C(O)[C@H]1CC=CC[C@@H]1c1cccc2ccccc12. The summed E-state index contributed by atoms with van der Waals surface area (Å²) in [5.41, 5.74) is 1.16. The Balaban J connectivity index is 2.12. The topological polar surface area (TPSA) is 37.3 Å². The van der Waals surface area contributed by atoms with Crippen LogP contribution in [0.15, 0.2) is 54.6 Å². The van der Waals surface area contributed by atoms with Crippen molar-refractivity contribution in [2.75, 3.05) is 0 Å². The molecule has 0 unspecified atom stereocenters. The summed E-state index contributed by atoms with van der Waals surface area (Å²) in [6.07, 6.45) is 5.53. The van der Waals surface area contributed by atoms with Gasteiger partial charge in [0, 0.05) is 5.92 Å². The second kappa shape index (κ2) is 4.88. The summed E-state index contributed by atoms with van der Waals surface area (Å²) in [5.74, 6) is -0.924. The van der Waals surface area contributed by atoms with E-state index in [1.54, 1.807) is 0 Å². The lowest BCUT2D eigenvalue weighted by atomic mass is 9.77. The van der Waals surface area contributed by atoms with Crippen LogP contribution in [0, 0.1) is 5.92 Å². The molecule has 96 valence electrons. The van der Waals surface area contributed by atoms with Gasteiger partial charge < -0.3 is 5.11 Å². The molecule has 0 radical (unpaired) electrons. The predicted molar refractivity (Wildman–Crippen MR) is 76.2 cm³/mol. The molecule has 1 N–H and O–H groups in total. The van der Waals surface area contributed by atoms with Gasteiger partial charge in [-0.1, -0.05) is 54.6 Å². The number of carbonyl (C=O) groups is 1. The first-order valence-electron chi connectivity index (χ1n) is 6.63. The average Bonchev–Trinajstić information content (AvgIpc) is 2.46. The van der Waals surface area contributed by atoms with Gasteiger partial charge in [0.05, 0.1) is 5.92 Å². The van der Waals surface area contributed by atoms with Gasteiger partial charge in [-0.3, -0.25) is 4.79 Å². The molecule has 0 aromatic heterocycles. The van der Waals surface area contributed by atoms with E-state index in [1.165, 1.54) is 10.8 Å². The third kappa shape index (κ3) is 2.14. The van der Waals surface area contributed by atoms with E-state index in [-0.39, 0.29) is 11.8 Å². The lowest BCUT2D eigenvalue weighted by Crippen LogP contribution is -2.23. The minimum atomic E-state index is -0.692. The number of carboxylic acid groups (broad SMARTS) is 1. The molecular formula is C17H16O2. The van der Waals surface area contributed by atoms with E-state index in [0.29, 0.717) is 6.42 Å². The van der Waals surface area contributed by atoms with Crippen LogP contribution < -0.4 is 0 Å². The highest BCUT2D eigenvalue weighted by Crippen LogP contribution is 2.38. The number of aliphatic carboxylic acids is 1. The Bertz CT molecular complexity index is 637. The summed E-state index contributed by atoms with van der Waals surface area (Å²) >= 11 is 0. The van der Waals surface area contributed by atoms with Gasteiger partial charge in [-0.15, -0.1) is 0 Å². The Labute approximate surface area is 112 Å². The number of carboxylic acids is 1. The van der Waals surface area contributed by atoms with Crippen molar-refractivity contribution in [2.45, 2.75) is 18.8 Å². The lowest BCUT2D eigenvalue weighted by Gasteiger charge is -2.26. The number of rotatable bonds is 2. The smallest absolute Gasteiger partial charge is 0.307 e. The molecule has 0 saturated carbocycles. The molecule has 1 aliphatic carbocycles. The molecule has 1 aliphatic rings. The normalized spacial score (nSPS) is 22.5. The first-order valence-corrected chi connectivity index (χ1v) is 6.63. The van der Waals surface area contributed by atoms with Crippen molar-refractivity contribution in [3.05, 3.63) is 60.2 Å². The van der Waals surface area contributed by atoms with Gasteiger partial charge in [0.1, 0.15) is 0 Å². The standard InChI is InChI=1S/C17H16O2/c18-17(19)16-10-4-3-9-15(16)14-11-5-7-12-6-1-2-8-13(12)14/h1-8,11,15-16H,9-10H2,(H,18,19)/t15-,16+/m1/s1. The van der Waals surface area contributed by atoms with Crippen molar-refractivity contribution in [3.8, 4) is 0 Å². The number of fused-ring (bicyclic) bond motifs is 1. The Kier molecular flexibility index (Phi) is 3.08. The van der Waals surface area contributed by atoms with Crippen LogP contribution in [0.25, 0.3) is 10.8 Å². The van der Waals surface area contributed by atoms with Gasteiger partial charge in [0.2, 0.25) is 0 Å². The van der Waals surface area contributed by atoms with Gasteiger partial charge in [-0.2, -0.15) is 0 Å². The number of hydrogen-bond acceptors (Lipinski definition) is 1. The predicted octanol–water partition coefficient (Wildman–Crippen LogP) is 3.97. The Hall–Kier alpha value is -2.09. The Morgan fingerprint density at radius 3 is 2.58 bits per heavy atom. The monoisotopic (exact) mass is 252 g/mol. The second-order valence-electron chi connectivity index (χ2n) is 5.06. The highest BCUT2D eigenvalue weighted by atomic mass is 16.4. The molecule has 3 rings (SSSR count). The Morgan fingerprint density at radius 2 is 1.74 bits per heavy atom. The summed E-state index contributed by atoms with van der Waals surface area (Å²) in [4.78, 5) is 11.4. The maximum Gasteiger partial charge on any atom is 0.307 e. The minimum Gasteiger partial charge on any atom is -0.481 e. The van der Waals surface area contributed by atoms with Crippen LogP contribution in [-0.2, 0) is 4.79 Å². The van der Waals surface area contributed by atoms with Gasteiger partial charge in [0.25, 0.3) is 0 Å². The second-order valence-corrected chi connectivity index (χ2v) is 5.06. The van der Waals surface area contributed by atoms with Crippen LogP contribution >= 0.6 is 0 Å². The van der Waals surface area contributed by atoms with Crippen LogP contribution in [0.3, 0.4) is 0 Å². The number of hydrogen-bond donors (Lipinski definition) is 1. The van der Waals surface area contributed by atoms with E-state index in [2.05, 4.69) is 30.3 Å². The fraction of sp³-hybridized carbons (Fsp3) is 0.235. The molecule has 0 aliphatic heterocycles. The molecule has 19 heavy (non-hydrogen) atoms. The first kappa shape index (κ1) is 12.0. The van der Waals surface area contributed by atoms with Gasteiger partial charge in [-0.05, 0) is 29.2 Å². The molecule has 2 aromatic rings. The van der Waals surface area contributed by atoms with E-state index in [0.717, 1.165) is 12.0 Å². The summed E-state index contributed by atoms with van der Waals surface area (Å²) < 4.78 is 0. The van der Waals surface area contributed by atoms with Crippen molar-refractivity contribution in [3.63, 3.8) is 0 Å². The molecule has 2 aromatic carbocycles. The van der Waals surface area contributed by atoms with Gasteiger partial charge in [0.15, 0.2) is 0 Å². The van der Waals surface area contributed by atoms with Crippen LogP contribution in [0.1, 0.15) is 24.3 Å². The molecule has 0 heterocycles. The van der Waals surface area contributed by atoms with Crippen molar-refractivity contribution >= 4 is 16.7 Å². The molecule has 2 heteroatoms. The highest BCUT2D eigenvalue weighted by molar-refractivity contribution is 5.87. The average molecular weight is 252 g/mol. The first-order chi connectivity index (χ1) is 9.27. The van der Waals surface area contributed by atoms with E-state index in [4.69, 9.17) is 0 Å². The Morgan fingerprint density at radius 1 is 1.00 bits per heavy atom. The van der Waals surface area contributed by atoms with Crippen LogP contribution in [0.5, 0.6) is 0 Å². The quantitative estimate of drug-likeness (QED) is 0.821. The van der Waals surface area contributed by atoms with Crippen LogP contribution in [0.4, 0.5) is 0 Å². The zero-order valence-electron chi connectivity index (χ0n) is 10.6. The fourth-order valence-corrected chi connectivity index (χ4v) is 3.00. The zero-order chi connectivity index (χ0) is 13.2. The maximum atomic E-state index is 11.4. The largest absolute Gasteiger partial charge is 0.481 e. The third-order valence-corrected chi connectivity index (χ3v) is 3.97. The van der Waals surface area contributed by atoms with E-state index in [9.17, 15) is 9.90 Å². The van der Waals surface area contributed by atoms with E-state index in [1.807, 2.05) is 24.3 Å². The van der Waals surface area contributed by atoms with Crippen molar-refractivity contribution in [2.24, 2.45) is 5.92 Å². The van der Waals surface area contributed by atoms with E-state index >= 15 is 0 Å². The van der Waals surface area contributed by atoms with Crippen molar-refractivity contribution < 1.29 is 9.90 Å². The maximum absolute atomic E-state index is 11.4. The highest BCUT2D eigenvalue weighted by Gasteiger charge is 2.30. The summed E-state index contributed by atoms with van der Waals surface area (Å²) in [5, 5.41) is 11.8. The lowest BCUT2D eigenvalue weighted by molar-refractivity contribution is -0.142. The molecule has 0 fully saturated rings. The molecule has 0 bridgehead atoms. The van der Waals surface area contributed by atoms with Gasteiger partial charge >= 0.3 is 5.97 Å². The van der Waals surface area contributed by atoms with Gasteiger partial charge in [-0.25, -0.2) is 0 Å². The van der Waals surface area contributed by atoms with Crippen LogP contribution in [-0.4, -0.2) is 11.1 Å². The summed E-state index contributed by atoms with van der Waals surface area (Å²) in [6.45, 7) is 0. The number of allylic oxidation sites excluding steroid dienone is 2. The molecule has 0 saturated heterocycles. The summed E-state index contributed by atoms with van der Waals surface area (Å²) in [6, 6.07) is 14.4. The minimum absolute atomic E-state index is 0.0774. The van der Waals surface area contributed by atoms with Crippen molar-refractivity contribution in [1.82, 2.24) is 0 Å². The van der Waals surface area contributed by atoms with E-state index < -0.39 is 5.97 Å². The molecule has 2 nitrogen and oxygen atoms in total. The number of benzene rings is 2. The fourth-order valence-electron chi connectivity index (χ4n) is 3.00. The van der Waals surface area contributed by atoms with Crippen molar-refractivity contribution in [1.29, 1.82) is 0 Å². The van der Waals surface area contributed by atoms with Crippen LogP contribution in [0.2, 0.25) is 0 Å². The third-order valence-electron chi connectivity index (χ3n) is 3.97. The molecule has 0 amide bonds. The summed E-state index contributed by atoms with van der Waals surface area (Å²) in [7, 11) is 0. The molecule has 2 atom stereocenters. The molecule has 0 spiro atoms. The zero-order valence-corrected chi connectivity index (χ0v) is 10.6.